The van der Waals surface area contributed by atoms with Crippen molar-refractivity contribution in [1.82, 2.24) is 15.7 Å². The number of alkyl carbamates (subject to hydrolysis) is 1. The molecule has 3 amide bonds. The van der Waals surface area contributed by atoms with E-state index in [0.717, 1.165) is 12.8 Å². The Morgan fingerprint density at radius 1 is 1.07 bits per heavy atom. The first-order chi connectivity index (χ1) is 14.5. The standard InChI is InChI=1S/C22H31N3O5/c1-2-23-22(28)30-17-8-9-18(19(14-17)20(26)24-29)21(27)25-12-10-16(11-13-25)15-6-4-3-5-7-15/h3-7,16-19,29H,2,8-14H2,1H3,(H,23,28)(H,24,26). The molecule has 164 valence electrons. The van der Waals surface area contributed by atoms with Crippen LogP contribution in [0, 0.1) is 11.8 Å². The van der Waals surface area contributed by atoms with Crippen molar-refractivity contribution in [2.24, 2.45) is 11.8 Å². The molecule has 1 saturated heterocycles. The van der Waals surface area contributed by atoms with Gasteiger partial charge >= 0.3 is 6.09 Å². The van der Waals surface area contributed by atoms with E-state index in [1.165, 1.54) is 5.56 Å². The van der Waals surface area contributed by atoms with Gasteiger partial charge in [0.1, 0.15) is 6.10 Å². The van der Waals surface area contributed by atoms with Crippen molar-refractivity contribution in [3.05, 3.63) is 35.9 Å². The molecule has 2 aliphatic rings. The molecule has 8 heteroatoms. The quantitative estimate of drug-likeness (QED) is 0.504. The molecule has 2 fully saturated rings. The molecule has 3 unspecified atom stereocenters. The zero-order chi connectivity index (χ0) is 21.5. The number of nitrogens with zero attached hydrogens (tertiary/aromatic N) is 1. The normalized spacial score (nSPS) is 24.7. The van der Waals surface area contributed by atoms with Crippen LogP contribution in [0.2, 0.25) is 0 Å². The number of carbonyl (C=O) groups is 3. The lowest BCUT2D eigenvalue weighted by atomic mass is 9.76. The molecule has 30 heavy (non-hydrogen) atoms. The van der Waals surface area contributed by atoms with E-state index >= 15 is 0 Å². The Kier molecular flexibility index (Phi) is 7.68. The summed E-state index contributed by atoms with van der Waals surface area (Å²) in [7, 11) is 0. The van der Waals surface area contributed by atoms with Crippen molar-refractivity contribution < 1.29 is 24.3 Å². The van der Waals surface area contributed by atoms with Gasteiger partial charge in [0, 0.05) is 19.6 Å². The molecule has 1 aliphatic heterocycles. The summed E-state index contributed by atoms with van der Waals surface area (Å²) in [6, 6.07) is 10.3. The van der Waals surface area contributed by atoms with Crippen LogP contribution in [0.1, 0.15) is 50.5 Å². The van der Waals surface area contributed by atoms with Crippen LogP contribution < -0.4 is 10.8 Å². The van der Waals surface area contributed by atoms with Crippen LogP contribution in [0.15, 0.2) is 30.3 Å². The van der Waals surface area contributed by atoms with Crippen LogP contribution in [0.25, 0.3) is 0 Å². The minimum atomic E-state index is -0.720. The maximum atomic E-state index is 13.2. The molecular weight excluding hydrogens is 386 g/mol. The molecule has 0 bridgehead atoms. The summed E-state index contributed by atoms with van der Waals surface area (Å²) in [4.78, 5) is 39.0. The number of amides is 3. The fraction of sp³-hybridized carbons (Fsp3) is 0.591. The molecule has 8 nitrogen and oxygen atoms in total. The number of likely N-dealkylation sites (tertiary alicyclic amines) is 1. The first-order valence-electron chi connectivity index (χ1n) is 10.8. The number of ether oxygens (including phenoxy) is 1. The molecule has 3 atom stereocenters. The molecule has 1 aromatic rings. The number of hydrogen-bond acceptors (Lipinski definition) is 5. The van der Waals surface area contributed by atoms with Gasteiger partial charge in [0.25, 0.3) is 0 Å². The largest absolute Gasteiger partial charge is 0.446 e. The van der Waals surface area contributed by atoms with E-state index in [9.17, 15) is 14.4 Å². The van der Waals surface area contributed by atoms with Crippen molar-refractivity contribution in [1.29, 1.82) is 0 Å². The lowest BCUT2D eigenvalue weighted by molar-refractivity contribution is -0.149. The molecule has 3 N–H and O–H groups in total. The Balaban J connectivity index is 1.60. The zero-order valence-corrected chi connectivity index (χ0v) is 17.4. The number of nitrogens with one attached hydrogen (secondary N) is 2. The van der Waals surface area contributed by atoms with Crippen LogP contribution in [-0.4, -0.2) is 53.8 Å². The van der Waals surface area contributed by atoms with Gasteiger partial charge < -0.3 is 15.0 Å². The highest BCUT2D eigenvalue weighted by atomic mass is 16.6. The summed E-state index contributed by atoms with van der Waals surface area (Å²) in [5, 5.41) is 11.7. The van der Waals surface area contributed by atoms with Gasteiger partial charge in [0.05, 0.1) is 11.8 Å². The Labute approximate surface area is 176 Å². The van der Waals surface area contributed by atoms with Crippen LogP contribution in [0.4, 0.5) is 4.79 Å². The Morgan fingerprint density at radius 2 is 1.77 bits per heavy atom. The van der Waals surface area contributed by atoms with Gasteiger partial charge in [-0.25, -0.2) is 10.3 Å². The first kappa shape index (κ1) is 22.1. The smallest absolute Gasteiger partial charge is 0.407 e. The molecule has 1 saturated carbocycles. The van der Waals surface area contributed by atoms with Crippen molar-refractivity contribution in [2.75, 3.05) is 19.6 Å². The van der Waals surface area contributed by atoms with Crippen molar-refractivity contribution in [2.45, 2.75) is 51.0 Å². The van der Waals surface area contributed by atoms with E-state index in [2.05, 4.69) is 17.4 Å². The summed E-state index contributed by atoms with van der Waals surface area (Å²) in [5.41, 5.74) is 2.98. The van der Waals surface area contributed by atoms with Gasteiger partial charge in [-0.1, -0.05) is 30.3 Å². The lowest BCUT2D eigenvalue weighted by Gasteiger charge is -2.39. The third-order valence-corrected chi connectivity index (χ3v) is 6.24. The molecule has 1 aromatic carbocycles. The molecule has 3 rings (SSSR count). The van der Waals surface area contributed by atoms with E-state index in [1.807, 2.05) is 23.1 Å². The van der Waals surface area contributed by atoms with Gasteiger partial charge in [0.2, 0.25) is 11.8 Å². The lowest BCUT2D eigenvalue weighted by Crippen LogP contribution is -2.49. The Bertz CT molecular complexity index is 734. The minimum Gasteiger partial charge on any atom is -0.446 e. The van der Waals surface area contributed by atoms with Crippen LogP contribution in [0.5, 0.6) is 0 Å². The van der Waals surface area contributed by atoms with Gasteiger partial charge in [0.15, 0.2) is 0 Å². The molecule has 0 aromatic heterocycles. The van der Waals surface area contributed by atoms with Crippen LogP contribution >= 0.6 is 0 Å². The van der Waals surface area contributed by atoms with Gasteiger partial charge in [-0.2, -0.15) is 0 Å². The SMILES string of the molecule is CCNC(=O)OC1CCC(C(=O)N2CCC(c3ccccc3)CC2)C(C(=O)NO)C1. The van der Waals surface area contributed by atoms with Crippen molar-refractivity contribution in [3.8, 4) is 0 Å². The number of hydroxylamine groups is 1. The average molecular weight is 418 g/mol. The monoisotopic (exact) mass is 417 g/mol. The Morgan fingerprint density at radius 3 is 2.40 bits per heavy atom. The Hall–Kier alpha value is -2.61. The molecule has 1 heterocycles. The van der Waals surface area contributed by atoms with Crippen LogP contribution in [0.3, 0.4) is 0 Å². The topological polar surface area (TPSA) is 108 Å². The summed E-state index contributed by atoms with van der Waals surface area (Å²) < 4.78 is 5.36. The van der Waals surface area contributed by atoms with E-state index in [0.29, 0.717) is 38.4 Å². The minimum absolute atomic E-state index is 0.0495. The van der Waals surface area contributed by atoms with E-state index < -0.39 is 29.9 Å². The summed E-state index contributed by atoms with van der Waals surface area (Å²) in [5.74, 6) is -1.45. The number of benzene rings is 1. The second-order valence-electron chi connectivity index (χ2n) is 8.07. The van der Waals surface area contributed by atoms with Crippen molar-refractivity contribution >= 4 is 17.9 Å². The van der Waals surface area contributed by atoms with E-state index in [4.69, 9.17) is 9.94 Å². The van der Waals surface area contributed by atoms with E-state index in [1.54, 1.807) is 12.4 Å². The second-order valence-corrected chi connectivity index (χ2v) is 8.07. The highest BCUT2D eigenvalue weighted by Crippen LogP contribution is 2.35. The van der Waals surface area contributed by atoms with Crippen molar-refractivity contribution in [3.63, 3.8) is 0 Å². The number of piperidine rings is 1. The maximum Gasteiger partial charge on any atom is 0.407 e. The zero-order valence-electron chi connectivity index (χ0n) is 17.4. The number of rotatable bonds is 5. The van der Waals surface area contributed by atoms with Gasteiger partial charge in [-0.05, 0) is 50.5 Å². The second kappa shape index (κ2) is 10.4. The summed E-state index contributed by atoms with van der Waals surface area (Å²) >= 11 is 0. The fourth-order valence-corrected chi connectivity index (χ4v) is 4.64. The summed E-state index contributed by atoms with van der Waals surface area (Å²) in [6.45, 7) is 3.55. The van der Waals surface area contributed by atoms with E-state index in [-0.39, 0.29) is 12.3 Å². The highest BCUT2D eigenvalue weighted by Gasteiger charge is 2.42. The molecule has 1 aliphatic carbocycles. The molecule has 0 radical (unpaired) electrons. The molecular formula is C22H31N3O5. The van der Waals surface area contributed by atoms with Crippen LogP contribution in [-0.2, 0) is 14.3 Å². The third kappa shape index (κ3) is 5.30. The predicted octanol–water partition coefficient (Wildman–Crippen LogP) is 2.43. The first-order valence-corrected chi connectivity index (χ1v) is 10.8. The maximum absolute atomic E-state index is 13.2. The highest BCUT2D eigenvalue weighted by molar-refractivity contribution is 5.87. The number of hydrogen-bond donors (Lipinski definition) is 3. The number of carbonyl (C=O) groups excluding carboxylic acids is 3. The van der Waals surface area contributed by atoms with Gasteiger partial charge in [-0.15, -0.1) is 0 Å². The molecule has 0 spiro atoms. The fourth-order valence-electron chi connectivity index (χ4n) is 4.64. The van der Waals surface area contributed by atoms with Gasteiger partial charge in [-0.3, -0.25) is 14.8 Å². The predicted molar refractivity (Wildman–Crippen MR) is 110 cm³/mol. The summed E-state index contributed by atoms with van der Waals surface area (Å²) in [6.07, 6.45) is 1.98. The third-order valence-electron chi connectivity index (χ3n) is 6.24. The average Bonchev–Trinajstić information content (AvgIpc) is 2.79.